The third-order valence-electron chi connectivity index (χ3n) is 7.13. The van der Waals surface area contributed by atoms with Crippen LogP contribution in [0.1, 0.15) is 43.7 Å². The van der Waals surface area contributed by atoms with Crippen LogP contribution < -0.4 is 0 Å². The summed E-state index contributed by atoms with van der Waals surface area (Å²) in [7, 11) is 10.0. The molecule has 0 atom stereocenters. The predicted octanol–water partition coefficient (Wildman–Crippen LogP) is -1.38. The number of hydrogen-bond acceptors (Lipinski definition) is 8. The third-order valence-corrected chi connectivity index (χ3v) is 7.13. The average molecular weight is 430 g/mol. The minimum atomic E-state index is -3.38. The molecular weight excluding hydrogens is 402 g/mol. The summed E-state index contributed by atoms with van der Waals surface area (Å²) >= 11 is 0. The minimum absolute atomic E-state index is 0.00530. The Morgan fingerprint density at radius 2 is 1.90 bits per heavy atom. The second-order valence-electron chi connectivity index (χ2n) is 9.24. The summed E-state index contributed by atoms with van der Waals surface area (Å²) < 4.78 is 6.17. The molecule has 1 aliphatic carbocycles. The Bertz CT molecular complexity index is 800. The van der Waals surface area contributed by atoms with Gasteiger partial charge in [0.05, 0.1) is 5.40 Å². The SMILES string of the molecule is [B]C([B])(O)C(O)(O)OC(=O)N1CCC2(CC(N3CCC(c4ccnn4CO)CC3)C2)C1. The zero-order valence-electron chi connectivity index (χ0n) is 17.4. The number of amides is 1. The van der Waals surface area contributed by atoms with Gasteiger partial charge in [-0.1, -0.05) is 0 Å². The number of aliphatic hydroxyl groups is 4. The van der Waals surface area contributed by atoms with E-state index in [4.69, 9.17) is 15.7 Å². The van der Waals surface area contributed by atoms with Gasteiger partial charge in [0.25, 0.3) is 0 Å². The molecule has 3 heterocycles. The molecule has 4 N–H and O–H groups in total. The standard InChI is InChI=1S/C19H28B2N4O6/c20-18(21,28)19(29,30)31-16(27)24-8-4-17(11-24)9-14(10-17)23-6-2-13(3-7-23)15-1-5-22-25(15)12-26/h1,5,13-14,26,28-30H,2-4,6-12H2. The fourth-order valence-corrected chi connectivity index (χ4v) is 5.26. The number of aliphatic hydroxyl groups excluding tert-OH is 1. The Balaban J connectivity index is 1.25. The van der Waals surface area contributed by atoms with Crippen molar-refractivity contribution in [3.8, 4) is 0 Å². The largest absolute Gasteiger partial charge is 0.414 e. The van der Waals surface area contributed by atoms with Gasteiger partial charge in [0.15, 0.2) is 0 Å². The van der Waals surface area contributed by atoms with E-state index in [9.17, 15) is 25.2 Å². The van der Waals surface area contributed by atoms with Crippen molar-refractivity contribution in [1.29, 1.82) is 0 Å². The Hall–Kier alpha value is -1.59. The maximum absolute atomic E-state index is 12.2. The minimum Gasteiger partial charge on any atom is -0.400 e. The van der Waals surface area contributed by atoms with E-state index in [1.54, 1.807) is 10.9 Å². The van der Waals surface area contributed by atoms with Crippen LogP contribution >= 0.6 is 0 Å². The lowest BCUT2D eigenvalue weighted by molar-refractivity contribution is -0.347. The van der Waals surface area contributed by atoms with Gasteiger partial charge < -0.3 is 35.0 Å². The van der Waals surface area contributed by atoms with Crippen LogP contribution in [0.2, 0.25) is 0 Å². The Kier molecular flexibility index (Phi) is 5.89. The lowest BCUT2D eigenvalue weighted by Crippen LogP contribution is -2.59. The van der Waals surface area contributed by atoms with Crippen molar-refractivity contribution < 1.29 is 30.0 Å². The highest BCUT2D eigenvalue weighted by molar-refractivity contribution is 6.39. The van der Waals surface area contributed by atoms with Crippen molar-refractivity contribution >= 4 is 21.8 Å². The summed E-state index contributed by atoms with van der Waals surface area (Å²) in [6.45, 7) is 2.75. The number of carbonyl (C=O) groups excluding carboxylic acids is 1. The number of nitrogens with zero attached hydrogens (tertiary/aromatic N) is 4. The third kappa shape index (κ3) is 4.36. The van der Waals surface area contributed by atoms with Crippen molar-refractivity contribution in [2.75, 3.05) is 26.2 Å². The van der Waals surface area contributed by atoms with Gasteiger partial charge >= 0.3 is 12.1 Å². The molecule has 166 valence electrons. The van der Waals surface area contributed by atoms with Crippen molar-refractivity contribution in [2.45, 2.75) is 62.2 Å². The first-order valence-corrected chi connectivity index (χ1v) is 10.6. The lowest BCUT2D eigenvalue weighted by atomic mass is 9.63. The topological polar surface area (TPSA) is 132 Å². The van der Waals surface area contributed by atoms with Gasteiger partial charge in [-0.25, -0.2) is 9.48 Å². The fraction of sp³-hybridized carbons (Fsp3) is 0.789. The number of carbonyl (C=O) groups is 1. The van der Waals surface area contributed by atoms with E-state index in [1.165, 1.54) is 4.90 Å². The van der Waals surface area contributed by atoms with Gasteiger partial charge in [0.2, 0.25) is 0 Å². The molecule has 1 aromatic heterocycles. The molecular formula is C19H28B2N4O6. The predicted molar refractivity (Wildman–Crippen MR) is 110 cm³/mol. The molecule has 0 aromatic carbocycles. The van der Waals surface area contributed by atoms with Crippen molar-refractivity contribution in [3.05, 3.63) is 18.0 Å². The van der Waals surface area contributed by atoms with Gasteiger partial charge in [-0.15, -0.1) is 0 Å². The molecule has 4 rings (SSSR count). The van der Waals surface area contributed by atoms with E-state index in [-0.39, 0.29) is 12.1 Å². The van der Waals surface area contributed by atoms with Gasteiger partial charge in [0, 0.05) is 36.9 Å². The molecule has 1 aromatic rings. The number of ether oxygens (including phenoxy) is 1. The summed E-state index contributed by atoms with van der Waals surface area (Å²) in [5.74, 6) is -2.98. The molecule has 1 saturated carbocycles. The van der Waals surface area contributed by atoms with E-state index >= 15 is 0 Å². The normalized spacial score (nSPS) is 28.1. The Morgan fingerprint density at radius 1 is 1.23 bits per heavy atom. The quantitative estimate of drug-likeness (QED) is 0.333. The first kappa shape index (κ1) is 22.6. The van der Waals surface area contributed by atoms with Gasteiger partial charge in [0.1, 0.15) is 22.4 Å². The average Bonchev–Trinajstić information content (AvgIpc) is 3.33. The zero-order valence-corrected chi connectivity index (χ0v) is 17.4. The second kappa shape index (κ2) is 8.08. The van der Waals surface area contributed by atoms with E-state index < -0.39 is 17.5 Å². The highest BCUT2D eigenvalue weighted by atomic mass is 16.8. The van der Waals surface area contributed by atoms with Crippen LogP contribution in [-0.4, -0.2) is 105 Å². The molecule has 10 nitrogen and oxygen atoms in total. The number of piperidine rings is 1. The van der Waals surface area contributed by atoms with E-state index in [1.807, 2.05) is 6.07 Å². The number of likely N-dealkylation sites (tertiary alicyclic amines) is 2. The molecule has 0 bridgehead atoms. The molecule has 1 amide bonds. The smallest absolute Gasteiger partial charge is 0.400 e. The van der Waals surface area contributed by atoms with Crippen LogP contribution in [0.15, 0.2) is 12.3 Å². The number of rotatable bonds is 5. The first-order valence-electron chi connectivity index (χ1n) is 10.6. The molecule has 2 aliphatic heterocycles. The number of aromatic nitrogens is 2. The molecule has 3 aliphatic rings. The van der Waals surface area contributed by atoms with Gasteiger partial charge in [-0.05, 0) is 56.7 Å². The second-order valence-corrected chi connectivity index (χ2v) is 9.24. The highest BCUT2D eigenvalue weighted by Gasteiger charge is 2.53. The summed E-state index contributed by atoms with van der Waals surface area (Å²) in [5, 5.41) is 39.0. The molecule has 4 radical (unpaired) electrons. The van der Waals surface area contributed by atoms with Crippen LogP contribution in [0.4, 0.5) is 4.79 Å². The molecule has 3 fully saturated rings. The lowest BCUT2D eigenvalue weighted by Gasteiger charge is -2.51. The molecule has 0 unspecified atom stereocenters. The maximum Gasteiger partial charge on any atom is 0.414 e. The monoisotopic (exact) mass is 430 g/mol. The van der Waals surface area contributed by atoms with Crippen molar-refractivity contribution in [3.63, 3.8) is 0 Å². The van der Waals surface area contributed by atoms with Gasteiger partial charge in [-0.3, -0.25) is 0 Å². The van der Waals surface area contributed by atoms with E-state index in [0.717, 1.165) is 50.9 Å². The molecule has 12 heteroatoms. The zero-order chi connectivity index (χ0) is 22.4. The van der Waals surface area contributed by atoms with E-state index in [0.29, 0.717) is 25.0 Å². The van der Waals surface area contributed by atoms with Crippen molar-refractivity contribution in [1.82, 2.24) is 19.6 Å². The molecule has 2 saturated heterocycles. The maximum atomic E-state index is 12.2. The molecule has 1 spiro atoms. The summed E-state index contributed by atoms with van der Waals surface area (Å²) in [5.41, 5.74) is 1.09. The Labute approximate surface area is 183 Å². The van der Waals surface area contributed by atoms with Gasteiger partial charge in [-0.2, -0.15) is 5.10 Å². The van der Waals surface area contributed by atoms with Crippen molar-refractivity contribution in [2.24, 2.45) is 5.41 Å². The van der Waals surface area contributed by atoms with Crippen LogP contribution in [0.5, 0.6) is 0 Å². The highest BCUT2D eigenvalue weighted by Crippen LogP contribution is 2.51. The Morgan fingerprint density at radius 3 is 2.52 bits per heavy atom. The van der Waals surface area contributed by atoms with Crippen LogP contribution in [-0.2, 0) is 11.5 Å². The van der Waals surface area contributed by atoms with E-state index in [2.05, 4.69) is 14.7 Å². The first-order chi connectivity index (χ1) is 14.5. The summed E-state index contributed by atoms with van der Waals surface area (Å²) in [6, 6.07) is 2.44. The summed E-state index contributed by atoms with van der Waals surface area (Å²) in [6.07, 6.45) is 5.54. The fourth-order valence-electron chi connectivity index (χ4n) is 5.26. The number of hydrogen-bond donors (Lipinski definition) is 4. The van der Waals surface area contributed by atoms with Crippen LogP contribution in [0.25, 0.3) is 0 Å². The van der Waals surface area contributed by atoms with Crippen LogP contribution in [0, 0.1) is 5.41 Å². The summed E-state index contributed by atoms with van der Waals surface area (Å²) in [4.78, 5) is 16.1. The van der Waals surface area contributed by atoms with Crippen LogP contribution in [0.3, 0.4) is 0 Å². The molecule has 31 heavy (non-hydrogen) atoms.